The lowest BCUT2D eigenvalue weighted by atomic mass is 9.84. The average molecular weight is 1160 g/mol. The molecule has 6 heterocycles. The van der Waals surface area contributed by atoms with E-state index in [0.717, 1.165) is 143 Å². The lowest BCUT2D eigenvalue weighted by Gasteiger charge is -2.32. The normalized spacial score (nSPS) is 12.9. The Labute approximate surface area is 518 Å². The predicted molar refractivity (Wildman–Crippen MR) is 374 cm³/mol. The van der Waals surface area contributed by atoms with Crippen LogP contribution in [0.2, 0.25) is 0 Å². The Kier molecular flexibility index (Phi) is 11.5. The molecule has 0 unspecified atom stereocenters. The largest absolute Gasteiger partial charge is 0.454 e. The summed E-state index contributed by atoms with van der Waals surface area (Å²) < 4.78 is 17.2. The van der Waals surface area contributed by atoms with Crippen LogP contribution in [0.4, 0.5) is 0 Å². The number of furan rings is 1. The van der Waals surface area contributed by atoms with Gasteiger partial charge < -0.3 is 22.7 Å². The van der Waals surface area contributed by atoms with Crippen LogP contribution in [0.3, 0.4) is 0 Å². The number of para-hydroxylation sites is 8. The molecule has 0 radical (unpaired) electrons. The summed E-state index contributed by atoms with van der Waals surface area (Å²) in [7, 11) is 0. The van der Waals surface area contributed by atoms with Crippen molar-refractivity contribution in [3.05, 3.63) is 234 Å². The highest BCUT2D eigenvalue weighted by molar-refractivity contribution is 6.19. The molecule has 0 bridgehead atoms. The molecule has 10 aromatic carbocycles. The van der Waals surface area contributed by atoms with Crippen LogP contribution in [0.15, 0.2) is 211 Å². The molecule has 7 heteroatoms. The molecule has 0 aliphatic rings. The third-order valence-corrected chi connectivity index (χ3v) is 19.0. The molecule has 0 aliphatic carbocycles. The standard InChI is InChI=1S/C82H70N6O/c1-79(2,3)60-33-21-29-55-49-25-13-17-37-64(49)85(71(55)60)75-59(46-83)76(86-65-38-18-14-26-50(65)56-30-22-34-61(72(56)86)80(4,5)6)78(88-67-40-20-16-28-52(67)58-32-24-36-63(74(58)88)82(10,11)12)70(48-41-42-53-54-43-44-84-47-69(54)89-68(53)45-48)77(75)87-66-39-19-15-27-51(66)57-31-23-35-62(73(57)87)81(7,8)9/h13-45,47H,1-12H3. The molecule has 89 heavy (non-hydrogen) atoms. The molecular formula is C82H70N6O. The number of nitrogens with zero attached hydrogens (tertiary/aromatic N) is 6. The van der Waals surface area contributed by atoms with Crippen LogP contribution in [0.5, 0.6) is 0 Å². The molecule has 16 rings (SSSR count). The number of hydrogen-bond donors (Lipinski definition) is 0. The van der Waals surface area contributed by atoms with Gasteiger partial charge in [0.1, 0.15) is 17.2 Å². The van der Waals surface area contributed by atoms with E-state index in [1.165, 1.54) is 22.3 Å². The van der Waals surface area contributed by atoms with E-state index >= 15 is 0 Å². The maximum absolute atomic E-state index is 13.6. The van der Waals surface area contributed by atoms with Crippen molar-refractivity contribution in [3.63, 3.8) is 0 Å². The van der Waals surface area contributed by atoms with Gasteiger partial charge in [0.25, 0.3) is 0 Å². The maximum atomic E-state index is 13.6. The van der Waals surface area contributed by atoms with Crippen molar-refractivity contribution in [3.8, 4) is 39.9 Å². The van der Waals surface area contributed by atoms with Gasteiger partial charge in [-0.05, 0) is 91.9 Å². The lowest BCUT2D eigenvalue weighted by Crippen LogP contribution is -2.20. The summed E-state index contributed by atoms with van der Waals surface area (Å²) in [6.07, 6.45) is 3.67. The number of hydrogen-bond acceptors (Lipinski definition) is 3. The third-order valence-electron chi connectivity index (χ3n) is 19.0. The molecule has 16 aromatic rings. The summed E-state index contributed by atoms with van der Waals surface area (Å²) in [4.78, 5) is 4.57. The number of nitriles is 1. The van der Waals surface area contributed by atoms with E-state index in [1.54, 1.807) is 0 Å². The van der Waals surface area contributed by atoms with Gasteiger partial charge in [-0.25, -0.2) is 0 Å². The van der Waals surface area contributed by atoms with E-state index in [9.17, 15) is 5.26 Å². The van der Waals surface area contributed by atoms with Crippen LogP contribution in [0.1, 0.15) is 111 Å². The Morgan fingerprint density at radius 2 is 0.663 bits per heavy atom. The van der Waals surface area contributed by atoms with Crippen LogP contribution in [0.25, 0.3) is 143 Å². The van der Waals surface area contributed by atoms with E-state index in [1.807, 2.05) is 12.4 Å². The number of rotatable bonds is 5. The highest BCUT2D eigenvalue weighted by atomic mass is 16.3. The van der Waals surface area contributed by atoms with Crippen molar-refractivity contribution >= 4 is 109 Å². The quantitative estimate of drug-likeness (QED) is 0.172. The van der Waals surface area contributed by atoms with Gasteiger partial charge in [0.05, 0.1) is 73.1 Å². The predicted octanol–water partition coefficient (Wildman–Crippen LogP) is 22.1. The van der Waals surface area contributed by atoms with Gasteiger partial charge in [-0.2, -0.15) is 5.26 Å². The second kappa shape index (κ2) is 18.9. The highest BCUT2D eigenvalue weighted by Crippen LogP contribution is 2.55. The van der Waals surface area contributed by atoms with Crippen LogP contribution >= 0.6 is 0 Å². The first-order valence-electron chi connectivity index (χ1n) is 31.3. The van der Waals surface area contributed by atoms with Crippen molar-refractivity contribution < 1.29 is 4.42 Å². The summed E-state index contributed by atoms with van der Waals surface area (Å²) in [5.41, 5.74) is 18.9. The fourth-order valence-corrected chi connectivity index (χ4v) is 15.2. The highest BCUT2D eigenvalue weighted by Gasteiger charge is 2.38. The molecule has 0 saturated carbocycles. The zero-order valence-corrected chi connectivity index (χ0v) is 52.7. The van der Waals surface area contributed by atoms with Crippen molar-refractivity contribution in [1.82, 2.24) is 23.3 Å². The third kappa shape index (κ3) is 7.78. The first-order chi connectivity index (χ1) is 42.7. The van der Waals surface area contributed by atoms with Gasteiger partial charge in [-0.3, -0.25) is 4.98 Å². The van der Waals surface area contributed by atoms with E-state index in [0.29, 0.717) is 5.56 Å². The smallest absolute Gasteiger partial charge is 0.153 e. The molecule has 434 valence electrons. The fraction of sp³-hybridized carbons (Fsp3) is 0.195. The summed E-state index contributed by atoms with van der Waals surface area (Å²) >= 11 is 0. The van der Waals surface area contributed by atoms with E-state index in [-0.39, 0.29) is 21.7 Å². The fourth-order valence-electron chi connectivity index (χ4n) is 15.2. The van der Waals surface area contributed by atoms with Gasteiger partial charge >= 0.3 is 0 Å². The molecule has 0 saturated heterocycles. The van der Waals surface area contributed by atoms with E-state index in [2.05, 4.69) is 307 Å². The summed E-state index contributed by atoms with van der Waals surface area (Å²) in [5, 5.41) is 24.5. The number of fused-ring (bicyclic) bond motifs is 15. The number of pyridine rings is 1. The van der Waals surface area contributed by atoms with Gasteiger partial charge in [0.2, 0.25) is 0 Å². The van der Waals surface area contributed by atoms with Gasteiger partial charge in [0, 0.05) is 65.6 Å². The van der Waals surface area contributed by atoms with Crippen LogP contribution in [0, 0.1) is 11.3 Å². The number of aromatic nitrogens is 5. The monoisotopic (exact) mass is 1150 g/mol. The molecule has 0 amide bonds. The molecular weight excluding hydrogens is 1080 g/mol. The second-order valence-corrected chi connectivity index (χ2v) is 28.7. The zero-order chi connectivity index (χ0) is 61.4. The number of benzene rings is 10. The Balaban J connectivity index is 1.32. The first kappa shape index (κ1) is 54.2. The average Bonchev–Trinajstić information content (AvgIpc) is 1.60. The van der Waals surface area contributed by atoms with Gasteiger partial charge in [-0.1, -0.05) is 235 Å². The summed E-state index contributed by atoms with van der Waals surface area (Å²) in [6.45, 7) is 27.9. The van der Waals surface area contributed by atoms with Gasteiger partial charge in [0.15, 0.2) is 5.58 Å². The molecule has 0 spiro atoms. The second-order valence-electron chi connectivity index (χ2n) is 28.7. The van der Waals surface area contributed by atoms with Crippen molar-refractivity contribution in [2.24, 2.45) is 0 Å². The minimum Gasteiger partial charge on any atom is -0.454 e. The maximum Gasteiger partial charge on any atom is 0.153 e. The SMILES string of the molecule is CC(C)(C)c1cccc2c3ccccc3n(-c3c(C#N)c(-n4c5ccccc5c5cccc(C(C)(C)C)c54)c(-n4c5ccccc5c5cccc(C(C)(C)C)c54)c(-c4ccc5c(c4)oc4cnccc45)c3-n3c4ccccc4c4cccc(C(C)(C)C)c43)c12. The minimum atomic E-state index is -0.335. The Morgan fingerprint density at radius 1 is 0.337 bits per heavy atom. The minimum absolute atomic E-state index is 0.332. The van der Waals surface area contributed by atoms with E-state index < -0.39 is 0 Å². The van der Waals surface area contributed by atoms with Crippen molar-refractivity contribution in [2.45, 2.75) is 105 Å². The summed E-state index contributed by atoms with van der Waals surface area (Å²) in [6, 6.07) is 74.9. The van der Waals surface area contributed by atoms with Crippen molar-refractivity contribution in [2.75, 3.05) is 0 Å². The Morgan fingerprint density at radius 3 is 1.01 bits per heavy atom. The molecule has 7 nitrogen and oxygen atoms in total. The molecule has 6 aromatic heterocycles. The topological polar surface area (TPSA) is 69.5 Å². The molecule has 0 N–H and O–H groups in total. The Bertz CT molecular complexity index is 5450. The molecule has 0 fully saturated rings. The first-order valence-corrected chi connectivity index (χ1v) is 31.3. The van der Waals surface area contributed by atoms with Gasteiger partial charge in [-0.15, -0.1) is 0 Å². The van der Waals surface area contributed by atoms with Crippen LogP contribution < -0.4 is 0 Å². The molecule has 0 atom stereocenters. The van der Waals surface area contributed by atoms with Crippen LogP contribution in [-0.2, 0) is 21.7 Å². The zero-order valence-electron chi connectivity index (χ0n) is 52.7. The summed E-state index contributed by atoms with van der Waals surface area (Å²) in [5.74, 6) is 0. The molecule has 0 aliphatic heterocycles. The van der Waals surface area contributed by atoms with Crippen LogP contribution in [-0.4, -0.2) is 23.3 Å². The van der Waals surface area contributed by atoms with E-state index in [4.69, 9.17) is 4.42 Å². The Hall–Kier alpha value is -10.2. The van der Waals surface area contributed by atoms with Crippen molar-refractivity contribution in [1.29, 1.82) is 5.26 Å². The lowest BCUT2D eigenvalue weighted by molar-refractivity contribution is 0.593.